The van der Waals surface area contributed by atoms with Gasteiger partial charge in [0.1, 0.15) is 11.6 Å². The number of hydrogen-bond donors (Lipinski definition) is 1. The SMILES string of the molecule is CNc1cncc(N(C)C)n1. The van der Waals surface area contributed by atoms with E-state index < -0.39 is 0 Å². The first-order chi connectivity index (χ1) is 5.24. The predicted molar refractivity (Wildman–Crippen MR) is 45.9 cm³/mol. The maximum absolute atomic E-state index is 4.24. The van der Waals surface area contributed by atoms with Gasteiger partial charge in [0, 0.05) is 21.1 Å². The van der Waals surface area contributed by atoms with Crippen molar-refractivity contribution in [2.75, 3.05) is 31.4 Å². The van der Waals surface area contributed by atoms with E-state index in [1.165, 1.54) is 0 Å². The van der Waals surface area contributed by atoms with E-state index in [1.54, 1.807) is 12.4 Å². The third kappa shape index (κ3) is 1.80. The van der Waals surface area contributed by atoms with Crippen LogP contribution >= 0.6 is 0 Å². The molecular formula is C7H12N4. The molecule has 0 radical (unpaired) electrons. The van der Waals surface area contributed by atoms with Gasteiger partial charge in [0.25, 0.3) is 0 Å². The molecule has 0 amide bonds. The third-order valence-corrected chi connectivity index (χ3v) is 1.34. The summed E-state index contributed by atoms with van der Waals surface area (Å²) >= 11 is 0. The molecule has 4 heteroatoms. The molecule has 0 bridgehead atoms. The maximum atomic E-state index is 4.24. The fourth-order valence-corrected chi connectivity index (χ4v) is 0.692. The molecule has 0 spiro atoms. The molecule has 0 saturated heterocycles. The molecule has 11 heavy (non-hydrogen) atoms. The van der Waals surface area contributed by atoms with Crippen molar-refractivity contribution in [3.63, 3.8) is 0 Å². The zero-order valence-electron chi connectivity index (χ0n) is 7.00. The number of hydrogen-bond acceptors (Lipinski definition) is 4. The van der Waals surface area contributed by atoms with E-state index in [-0.39, 0.29) is 0 Å². The second-order valence-corrected chi connectivity index (χ2v) is 2.41. The van der Waals surface area contributed by atoms with Crippen molar-refractivity contribution >= 4 is 11.6 Å². The Bertz CT molecular complexity index is 234. The van der Waals surface area contributed by atoms with E-state index in [2.05, 4.69) is 15.3 Å². The molecule has 0 aromatic carbocycles. The molecule has 0 aliphatic carbocycles. The quantitative estimate of drug-likeness (QED) is 0.673. The van der Waals surface area contributed by atoms with Gasteiger partial charge in [0.05, 0.1) is 12.4 Å². The summed E-state index contributed by atoms with van der Waals surface area (Å²) in [6.07, 6.45) is 3.41. The molecule has 0 aliphatic rings. The lowest BCUT2D eigenvalue weighted by Crippen LogP contribution is -2.11. The van der Waals surface area contributed by atoms with E-state index in [1.807, 2.05) is 26.0 Å². The van der Waals surface area contributed by atoms with Gasteiger partial charge in [-0.3, -0.25) is 4.98 Å². The van der Waals surface area contributed by atoms with E-state index in [4.69, 9.17) is 0 Å². The molecule has 0 aliphatic heterocycles. The smallest absolute Gasteiger partial charge is 0.149 e. The van der Waals surface area contributed by atoms with E-state index in [0.29, 0.717) is 0 Å². The Morgan fingerprint density at radius 2 is 2.09 bits per heavy atom. The van der Waals surface area contributed by atoms with Gasteiger partial charge in [-0.15, -0.1) is 0 Å². The molecule has 4 nitrogen and oxygen atoms in total. The third-order valence-electron chi connectivity index (χ3n) is 1.34. The second kappa shape index (κ2) is 3.18. The van der Waals surface area contributed by atoms with Crippen molar-refractivity contribution in [3.8, 4) is 0 Å². The standard InChI is InChI=1S/C7H12N4/c1-8-6-4-9-5-7(10-6)11(2)3/h4-5H,1-3H3,(H,8,10). The van der Waals surface area contributed by atoms with Gasteiger partial charge in [-0.2, -0.15) is 0 Å². The average Bonchev–Trinajstić information content (AvgIpc) is 2.05. The van der Waals surface area contributed by atoms with Crippen LogP contribution in [0.4, 0.5) is 11.6 Å². The topological polar surface area (TPSA) is 41.1 Å². The monoisotopic (exact) mass is 152 g/mol. The normalized spacial score (nSPS) is 9.36. The first kappa shape index (κ1) is 7.78. The number of nitrogens with zero attached hydrogens (tertiary/aromatic N) is 3. The van der Waals surface area contributed by atoms with Crippen LogP contribution in [-0.2, 0) is 0 Å². The van der Waals surface area contributed by atoms with Crippen molar-refractivity contribution in [3.05, 3.63) is 12.4 Å². The van der Waals surface area contributed by atoms with Crippen LogP contribution in [0.3, 0.4) is 0 Å². The van der Waals surface area contributed by atoms with Crippen molar-refractivity contribution < 1.29 is 0 Å². The van der Waals surface area contributed by atoms with Crippen LogP contribution in [0.2, 0.25) is 0 Å². The Labute approximate surface area is 66.3 Å². The lowest BCUT2D eigenvalue weighted by atomic mass is 10.6. The van der Waals surface area contributed by atoms with Gasteiger partial charge in [-0.1, -0.05) is 0 Å². The highest BCUT2D eigenvalue weighted by Gasteiger charge is 1.96. The summed E-state index contributed by atoms with van der Waals surface area (Å²) in [7, 11) is 5.69. The van der Waals surface area contributed by atoms with Crippen LogP contribution < -0.4 is 10.2 Å². The van der Waals surface area contributed by atoms with Crippen molar-refractivity contribution in [1.82, 2.24) is 9.97 Å². The molecule has 1 N–H and O–H groups in total. The highest BCUT2D eigenvalue weighted by Crippen LogP contribution is 2.07. The highest BCUT2D eigenvalue weighted by molar-refractivity contribution is 5.41. The van der Waals surface area contributed by atoms with Crippen molar-refractivity contribution in [2.24, 2.45) is 0 Å². The summed E-state index contributed by atoms with van der Waals surface area (Å²) in [6, 6.07) is 0. The van der Waals surface area contributed by atoms with E-state index in [9.17, 15) is 0 Å². The number of nitrogens with one attached hydrogen (secondary N) is 1. The van der Waals surface area contributed by atoms with Crippen LogP contribution in [0, 0.1) is 0 Å². The molecular weight excluding hydrogens is 140 g/mol. The lowest BCUT2D eigenvalue weighted by Gasteiger charge is -2.10. The summed E-state index contributed by atoms with van der Waals surface area (Å²) in [6.45, 7) is 0. The summed E-state index contributed by atoms with van der Waals surface area (Å²) in [4.78, 5) is 10.2. The van der Waals surface area contributed by atoms with Crippen LogP contribution in [-0.4, -0.2) is 31.1 Å². The lowest BCUT2D eigenvalue weighted by molar-refractivity contribution is 1.04. The van der Waals surface area contributed by atoms with Gasteiger partial charge >= 0.3 is 0 Å². The Hall–Kier alpha value is -1.32. The average molecular weight is 152 g/mol. The predicted octanol–water partition coefficient (Wildman–Crippen LogP) is 0.584. The van der Waals surface area contributed by atoms with E-state index >= 15 is 0 Å². The zero-order valence-corrected chi connectivity index (χ0v) is 7.00. The number of rotatable bonds is 2. The molecule has 1 aromatic heterocycles. The van der Waals surface area contributed by atoms with Gasteiger partial charge in [-0.25, -0.2) is 4.98 Å². The van der Waals surface area contributed by atoms with Crippen molar-refractivity contribution in [2.45, 2.75) is 0 Å². The fourth-order valence-electron chi connectivity index (χ4n) is 0.692. The van der Waals surface area contributed by atoms with Gasteiger partial charge in [0.2, 0.25) is 0 Å². The molecule has 0 unspecified atom stereocenters. The summed E-state index contributed by atoms with van der Waals surface area (Å²) in [5, 5.41) is 2.92. The molecule has 1 rings (SSSR count). The Morgan fingerprint density at radius 3 is 2.64 bits per heavy atom. The zero-order chi connectivity index (χ0) is 8.27. The van der Waals surface area contributed by atoms with E-state index in [0.717, 1.165) is 11.6 Å². The molecule has 1 aromatic rings. The molecule has 0 atom stereocenters. The van der Waals surface area contributed by atoms with Gasteiger partial charge < -0.3 is 10.2 Å². The number of anilines is 2. The largest absolute Gasteiger partial charge is 0.372 e. The molecule has 0 fully saturated rings. The summed E-state index contributed by atoms with van der Waals surface area (Å²) in [5.74, 6) is 1.65. The Balaban J connectivity index is 2.91. The minimum Gasteiger partial charge on any atom is -0.372 e. The summed E-state index contributed by atoms with van der Waals surface area (Å²) in [5.41, 5.74) is 0. The van der Waals surface area contributed by atoms with Gasteiger partial charge in [0.15, 0.2) is 0 Å². The minimum absolute atomic E-state index is 0.788. The van der Waals surface area contributed by atoms with Crippen molar-refractivity contribution in [1.29, 1.82) is 0 Å². The van der Waals surface area contributed by atoms with Crippen LogP contribution in [0.15, 0.2) is 12.4 Å². The molecule has 0 saturated carbocycles. The van der Waals surface area contributed by atoms with Gasteiger partial charge in [-0.05, 0) is 0 Å². The first-order valence-electron chi connectivity index (χ1n) is 3.41. The Kier molecular flexibility index (Phi) is 2.25. The molecule has 60 valence electrons. The van der Waals surface area contributed by atoms with Crippen LogP contribution in [0.5, 0.6) is 0 Å². The van der Waals surface area contributed by atoms with Crippen LogP contribution in [0.1, 0.15) is 0 Å². The Morgan fingerprint density at radius 1 is 1.36 bits per heavy atom. The second-order valence-electron chi connectivity index (χ2n) is 2.41. The fraction of sp³-hybridized carbons (Fsp3) is 0.429. The first-order valence-corrected chi connectivity index (χ1v) is 3.41. The maximum Gasteiger partial charge on any atom is 0.149 e. The number of aromatic nitrogens is 2. The minimum atomic E-state index is 0.788. The van der Waals surface area contributed by atoms with Crippen LogP contribution in [0.25, 0.3) is 0 Å². The highest BCUT2D eigenvalue weighted by atomic mass is 15.2. The summed E-state index contributed by atoms with van der Waals surface area (Å²) < 4.78 is 0. The molecule has 1 heterocycles.